The molecular weight excluding hydrogens is 212 g/mol. The minimum absolute atomic E-state index is 0.0400. The van der Waals surface area contributed by atoms with Crippen molar-refractivity contribution in [3.8, 4) is 5.75 Å². The van der Waals surface area contributed by atoms with Crippen LogP contribution in [0.25, 0.3) is 0 Å². The number of aromatic hydroxyl groups is 1. The third kappa shape index (κ3) is 1.50. The molecule has 90 valence electrons. The lowest BCUT2D eigenvalue weighted by Crippen LogP contribution is -2.44. The molecule has 2 unspecified atom stereocenters. The van der Waals surface area contributed by atoms with Crippen LogP contribution in [0.5, 0.6) is 5.75 Å². The van der Waals surface area contributed by atoms with Crippen LogP contribution in [0.2, 0.25) is 0 Å². The molecule has 1 aromatic carbocycles. The monoisotopic (exact) mass is 230 g/mol. The average Bonchev–Trinajstić information content (AvgIpc) is 2.29. The number of ketones is 1. The second-order valence-electron chi connectivity index (χ2n) is 5.67. The van der Waals surface area contributed by atoms with Gasteiger partial charge in [0.15, 0.2) is 0 Å². The fourth-order valence-corrected chi connectivity index (χ4v) is 3.75. The zero-order valence-corrected chi connectivity index (χ0v) is 10.2. The number of fused-ring (bicyclic) bond motifs is 3. The molecule has 0 aromatic heterocycles. The molecule has 0 amide bonds. The van der Waals surface area contributed by atoms with Crippen LogP contribution >= 0.6 is 0 Å². The molecule has 0 heterocycles. The standard InChI is InChI=1S/C15H18O2/c1-15-8-2-3-14(17)12(15)7-5-10-4-6-11(16)9-13(10)15/h4,6,9,12,16H,2-3,5,7-8H2,1H3. The Labute approximate surface area is 102 Å². The predicted octanol–water partition coefficient (Wildman–Crippen LogP) is 2.97. The quantitative estimate of drug-likeness (QED) is 0.744. The Kier molecular flexibility index (Phi) is 2.29. The van der Waals surface area contributed by atoms with E-state index in [1.54, 1.807) is 6.07 Å². The first-order valence-corrected chi connectivity index (χ1v) is 6.46. The summed E-state index contributed by atoms with van der Waals surface area (Å²) in [6.07, 6.45) is 4.75. The van der Waals surface area contributed by atoms with Gasteiger partial charge in [0.05, 0.1) is 0 Å². The van der Waals surface area contributed by atoms with Crippen LogP contribution in [0.4, 0.5) is 0 Å². The summed E-state index contributed by atoms with van der Waals surface area (Å²) in [5, 5.41) is 9.67. The molecule has 17 heavy (non-hydrogen) atoms. The molecule has 1 fully saturated rings. The van der Waals surface area contributed by atoms with Crippen molar-refractivity contribution >= 4 is 5.78 Å². The van der Waals surface area contributed by atoms with Crippen LogP contribution < -0.4 is 0 Å². The van der Waals surface area contributed by atoms with E-state index >= 15 is 0 Å². The zero-order valence-electron chi connectivity index (χ0n) is 10.2. The second kappa shape index (κ2) is 3.59. The molecule has 0 spiro atoms. The van der Waals surface area contributed by atoms with Crippen molar-refractivity contribution in [1.82, 2.24) is 0 Å². The van der Waals surface area contributed by atoms with Crippen LogP contribution in [-0.2, 0) is 16.6 Å². The zero-order chi connectivity index (χ0) is 12.0. The highest BCUT2D eigenvalue weighted by Crippen LogP contribution is 2.49. The number of benzene rings is 1. The van der Waals surface area contributed by atoms with Crippen molar-refractivity contribution in [2.45, 2.75) is 44.4 Å². The molecule has 1 aromatic rings. The topological polar surface area (TPSA) is 37.3 Å². The lowest BCUT2D eigenvalue weighted by Gasteiger charge is -2.45. The number of rotatable bonds is 0. The van der Waals surface area contributed by atoms with Gasteiger partial charge in [0.25, 0.3) is 0 Å². The number of carbonyl (C=O) groups is 1. The van der Waals surface area contributed by atoms with E-state index in [1.165, 1.54) is 11.1 Å². The molecule has 2 heteroatoms. The van der Waals surface area contributed by atoms with E-state index in [9.17, 15) is 9.90 Å². The SMILES string of the molecule is CC12CCCC(=O)C1CCc1ccc(O)cc12. The summed E-state index contributed by atoms with van der Waals surface area (Å²) in [6.45, 7) is 2.20. The second-order valence-corrected chi connectivity index (χ2v) is 5.67. The molecule has 0 aliphatic heterocycles. The summed E-state index contributed by atoms with van der Waals surface area (Å²) in [5.41, 5.74) is 2.49. The average molecular weight is 230 g/mol. The lowest BCUT2D eigenvalue weighted by molar-refractivity contribution is -0.128. The van der Waals surface area contributed by atoms with Crippen LogP contribution in [0.15, 0.2) is 18.2 Å². The Hall–Kier alpha value is -1.31. The maximum Gasteiger partial charge on any atom is 0.136 e. The van der Waals surface area contributed by atoms with Crippen molar-refractivity contribution in [1.29, 1.82) is 0 Å². The first-order valence-electron chi connectivity index (χ1n) is 6.46. The van der Waals surface area contributed by atoms with E-state index in [2.05, 4.69) is 6.92 Å². The van der Waals surface area contributed by atoms with Gasteiger partial charge in [0.2, 0.25) is 0 Å². The van der Waals surface area contributed by atoms with Crippen molar-refractivity contribution < 1.29 is 9.90 Å². The van der Waals surface area contributed by atoms with Crippen LogP contribution in [0.1, 0.15) is 43.7 Å². The molecule has 1 N–H and O–H groups in total. The van der Waals surface area contributed by atoms with Gasteiger partial charge in [-0.2, -0.15) is 0 Å². The van der Waals surface area contributed by atoms with E-state index in [0.717, 1.165) is 32.1 Å². The van der Waals surface area contributed by atoms with Gasteiger partial charge >= 0.3 is 0 Å². The normalized spacial score (nSPS) is 31.8. The maximum atomic E-state index is 12.1. The Morgan fingerprint density at radius 2 is 2.18 bits per heavy atom. The highest BCUT2D eigenvalue weighted by atomic mass is 16.3. The largest absolute Gasteiger partial charge is 0.508 e. The fourth-order valence-electron chi connectivity index (χ4n) is 3.75. The molecule has 2 aliphatic rings. The minimum atomic E-state index is -0.0400. The summed E-state index contributed by atoms with van der Waals surface area (Å²) >= 11 is 0. The van der Waals surface area contributed by atoms with Gasteiger partial charge in [0, 0.05) is 17.8 Å². The van der Waals surface area contributed by atoms with Gasteiger partial charge in [-0.1, -0.05) is 13.0 Å². The lowest BCUT2D eigenvalue weighted by atomic mass is 9.58. The smallest absolute Gasteiger partial charge is 0.136 e. The minimum Gasteiger partial charge on any atom is -0.508 e. The predicted molar refractivity (Wildman–Crippen MR) is 66.1 cm³/mol. The number of hydrogen-bond donors (Lipinski definition) is 1. The van der Waals surface area contributed by atoms with Crippen molar-refractivity contribution in [2.24, 2.45) is 5.92 Å². The summed E-state index contributed by atoms with van der Waals surface area (Å²) in [4.78, 5) is 12.1. The number of phenols is 1. The molecule has 0 saturated heterocycles. The molecule has 2 nitrogen and oxygen atoms in total. The van der Waals surface area contributed by atoms with E-state index in [-0.39, 0.29) is 11.3 Å². The molecule has 3 rings (SSSR count). The van der Waals surface area contributed by atoms with Gasteiger partial charge in [-0.25, -0.2) is 0 Å². The Morgan fingerprint density at radius 3 is 3.00 bits per heavy atom. The molecule has 1 saturated carbocycles. The highest BCUT2D eigenvalue weighted by Gasteiger charge is 2.45. The first kappa shape index (κ1) is 10.8. The number of carbonyl (C=O) groups excluding carboxylic acids is 1. The fraction of sp³-hybridized carbons (Fsp3) is 0.533. The van der Waals surface area contributed by atoms with E-state index in [1.807, 2.05) is 12.1 Å². The first-order chi connectivity index (χ1) is 8.11. The third-order valence-corrected chi connectivity index (χ3v) is 4.69. The molecule has 2 aliphatic carbocycles. The maximum absolute atomic E-state index is 12.1. The van der Waals surface area contributed by atoms with E-state index < -0.39 is 0 Å². The number of aryl methyl sites for hydroxylation is 1. The van der Waals surface area contributed by atoms with Crippen molar-refractivity contribution in [3.63, 3.8) is 0 Å². The summed E-state index contributed by atoms with van der Waals surface area (Å²) in [7, 11) is 0. The number of phenolic OH excluding ortho intramolecular Hbond substituents is 1. The third-order valence-electron chi connectivity index (χ3n) is 4.69. The van der Waals surface area contributed by atoms with Crippen LogP contribution in [0, 0.1) is 5.92 Å². The number of Topliss-reactive ketones (excluding diaryl/α,β-unsaturated/α-hetero) is 1. The highest BCUT2D eigenvalue weighted by molar-refractivity contribution is 5.84. The molecule has 2 atom stereocenters. The van der Waals surface area contributed by atoms with Crippen LogP contribution in [-0.4, -0.2) is 10.9 Å². The summed E-state index contributed by atoms with van der Waals surface area (Å²) < 4.78 is 0. The Morgan fingerprint density at radius 1 is 1.35 bits per heavy atom. The van der Waals surface area contributed by atoms with Crippen LogP contribution in [0.3, 0.4) is 0 Å². The molecule has 0 bridgehead atoms. The van der Waals surface area contributed by atoms with Gasteiger partial charge in [-0.05, 0) is 48.9 Å². The Bertz CT molecular complexity index is 478. The van der Waals surface area contributed by atoms with Gasteiger partial charge in [0.1, 0.15) is 11.5 Å². The van der Waals surface area contributed by atoms with Gasteiger partial charge in [-0.3, -0.25) is 4.79 Å². The summed E-state index contributed by atoms with van der Waals surface area (Å²) in [6, 6.07) is 5.65. The number of hydrogen-bond acceptors (Lipinski definition) is 2. The van der Waals surface area contributed by atoms with Crippen molar-refractivity contribution in [3.05, 3.63) is 29.3 Å². The Balaban J connectivity index is 2.14. The van der Waals surface area contributed by atoms with E-state index in [4.69, 9.17) is 0 Å². The van der Waals surface area contributed by atoms with Crippen molar-refractivity contribution in [2.75, 3.05) is 0 Å². The van der Waals surface area contributed by atoms with Gasteiger partial charge in [-0.15, -0.1) is 0 Å². The molecular formula is C15H18O2. The van der Waals surface area contributed by atoms with Gasteiger partial charge < -0.3 is 5.11 Å². The molecule has 0 radical (unpaired) electrons. The summed E-state index contributed by atoms with van der Waals surface area (Å²) in [5.74, 6) is 0.918. The van der Waals surface area contributed by atoms with E-state index in [0.29, 0.717) is 11.5 Å².